The number of hydrogen-bond donors (Lipinski definition) is 0. The Bertz CT molecular complexity index is 1040. The van der Waals surface area contributed by atoms with E-state index in [1.807, 2.05) is 32.0 Å². The average Bonchev–Trinajstić information content (AvgIpc) is 3.02. The molecule has 1 atom stereocenters. The number of esters is 1. The van der Waals surface area contributed by atoms with Crippen molar-refractivity contribution in [3.63, 3.8) is 0 Å². The van der Waals surface area contributed by atoms with Gasteiger partial charge in [-0.3, -0.25) is 9.59 Å². The summed E-state index contributed by atoms with van der Waals surface area (Å²) in [5, 5.41) is 1.53. The molecular formula is C26H30N2O6. The van der Waals surface area contributed by atoms with Crippen LogP contribution in [-0.4, -0.2) is 45.5 Å². The first kappa shape index (κ1) is 25.0. The predicted octanol–water partition coefficient (Wildman–Crippen LogP) is 4.59. The second kappa shape index (κ2) is 10.1. The van der Waals surface area contributed by atoms with Crippen LogP contribution in [0.25, 0.3) is 0 Å². The summed E-state index contributed by atoms with van der Waals surface area (Å²) in [6, 6.07) is 14.1. The van der Waals surface area contributed by atoms with Crippen LogP contribution in [0.1, 0.15) is 67.3 Å². The molecule has 0 spiro atoms. The van der Waals surface area contributed by atoms with Crippen molar-refractivity contribution in [2.45, 2.75) is 59.3 Å². The Morgan fingerprint density at radius 3 is 1.94 bits per heavy atom. The molecule has 180 valence electrons. The SMILES string of the molecule is CC(C)C[C@H](C(=O)OCc1ccccc1)N(C(=O)OC(C)(C)C)N1C(=O)c2ccccc2C1=O. The van der Waals surface area contributed by atoms with E-state index in [1.54, 1.807) is 45.0 Å². The summed E-state index contributed by atoms with van der Waals surface area (Å²) in [4.78, 5) is 53.1. The molecule has 0 saturated heterocycles. The van der Waals surface area contributed by atoms with E-state index in [9.17, 15) is 19.2 Å². The fraction of sp³-hybridized carbons (Fsp3) is 0.385. The monoisotopic (exact) mass is 466 g/mol. The van der Waals surface area contributed by atoms with Crippen LogP contribution in [0.15, 0.2) is 54.6 Å². The summed E-state index contributed by atoms with van der Waals surface area (Å²) in [5.41, 5.74) is 0.150. The third-order valence-electron chi connectivity index (χ3n) is 5.05. The van der Waals surface area contributed by atoms with Crippen molar-refractivity contribution in [2.75, 3.05) is 0 Å². The van der Waals surface area contributed by atoms with Crippen molar-refractivity contribution in [1.82, 2.24) is 10.0 Å². The Morgan fingerprint density at radius 2 is 1.44 bits per heavy atom. The van der Waals surface area contributed by atoms with Crippen molar-refractivity contribution < 1.29 is 28.7 Å². The fourth-order valence-corrected chi connectivity index (χ4v) is 3.60. The zero-order chi connectivity index (χ0) is 25.0. The average molecular weight is 467 g/mol. The predicted molar refractivity (Wildman–Crippen MR) is 124 cm³/mol. The molecule has 0 aromatic heterocycles. The number of benzene rings is 2. The molecule has 3 amide bonds. The first-order chi connectivity index (χ1) is 16.0. The van der Waals surface area contributed by atoms with E-state index in [0.29, 0.717) is 5.01 Å². The topological polar surface area (TPSA) is 93.2 Å². The van der Waals surface area contributed by atoms with E-state index in [4.69, 9.17) is 9.47 Å². The second-order valence-electron chi connectivity index (χ2n) is 9.53. The number of hydrogen-bond acceptors (Lipinski definition) is 6. The number of hydrazine groups is 1. The van der Waals surface area contributed by atoms with Crippen LogP contribution < -0.4 is 0 Å². The van der Waals surface area contributed by atoms with E-state index in [-0.39, 0.29) is 30.1 Å². The molecule has 1 heterocycles. The Balaban J connectivity index is 1.99. The van der Waals surface area contributed by atoms with Gasteiger partial charge in [-0.15, -0.1) is 0 Å². The Kier molecular flexibility index (Phi) is 7.39. The number of rotatable bonds is 7. The van der Waals surface area contributed by atoms with E-state index >= 15 is 0 Å². The molecule has 0 bridgehead atoms. The van der Waals surface area contributed by atoms with E-state index in [0.717, 1.165) is 10.6 Å². The van der Waals surface area contributed by atoms with Crippen LogP contribution in [0.2, 0.25) is 0 Å². The molecule has 8 nitrogen and oxygen atoms in total. The number of carbonyl (C=O) groups is 4. The molecule has 0 fully saturated rings. The van der Waals surface area contributed by atoms with Crippen molar-refractivity contribution in [3.8, 4) is 0 Å². The van der Waals surface area contributed by atoms with Gasteiger partial charge in [0.1, 0.15) is 12.2 Å². The molecular weight excluding hydrogens is 436 g/mol. The number of fused-ring (bicyclic) bond motifs is 1. The third kappa shape index (κ3) is 5.62. The maximum Gasteiger partial charge on any atom is 0.430 e. The van der Waals surface area contributed by atoms with Crippen LogP contribution in [0.4, 0.5) is 4.79 Å². The van der Waals surface area contributed by atoms with Crippen LogP contribution in [-0.2, 0) is 20.9 Å². The summed E-state index contributed by atoms with van der Waals surface area (Å²) >= 11 is 0. The lowest BCUT2D eigenvalue weighted by Crippen LogP contribution is -2.58. The van der Waals surface area contributed by atoms with Gasteiger partial charge in [0.25, 0.3) is 11.8 Å². The Labute approximate surface area is 199 Å². The molecule has 1 aliphatic rings. The van der Waals surface area contributed by atoms with Crippen molar-refractivity contribution in [2.24, 2.45) is 5.92 Å². The highest BCUT2D eigenvalue weighted by atomic mass is 16.6. The number of carbonyl (C=O) groups excluding carboxylic acids is 4. The highest BCUT2D eigenvalue weighted by Crippen LogP contribution is 2.29. The third-order valence-corrected chi connectivity index (χ3v) is 5.05. The van der Waals surface area contributed by atoms with Gasteiger partial charge in [-0.25, -0.2) is 9.59 Å². The molecule has 0 N–H and O–H groups in total. The summed E-state index contributed by atoms with van der Waals surface area (Å²) < 4.78 is 11.0. The second-order valence-corrected chi connectivity index (χ2v) is 9.53. The Morgan fingerprint density at radius 1 is 0.912 bits per heavy atom. The molecule has 0 saturated carbocycles. The Hall–Kier alpha value is -3.68. The van der Waals surface area contributed by atoms with Gasteiger partial charge < -0.3 is 9.47 Å². The van der Waals surface area contributed by atoms with Gasteiger partial charge in [-0.1, -0.05) is 56.3 Å². The summed E-state index contributed by atoms with van der Waals surface area (Å²) in [6.45, 7) is 8.71. The summed E-state index contributed by atoms with van der Waals surface area (Å²) in [5.74, 6) is -2.19. The molecule has 2 aromatic rings. The van der Waals surface area contributed by atoms with Crippen molar-refractivity contribution in [3.05, 3.63) is 71.3 Å². The molecule has 34 heavy (non-hydrogen) atoms. The number of imide groups is 1. The zero-order valence-corrected chi connectivity index (χ0v) is 20.1. The highest BCUT2D eigenvalue weighted by Gasteiger charge is 2.47. The number of amides is 3. The first-order valence-electron chi connectivity index (χ1n) is 11.2. The zero-order valence-electron chi connectivity index (χ0n) is 20.1. The lowest BCUT2D eigenvalue weighted by atomic mass is 10.0. The van der Waals surface area contributed by atoms with E-state index in [1.165, 1.54) is 12.1 Å². The minimum atomic E-state index is -1.25. The molecule has 8 heteroatoms. The molecule has 2 aromatic carbocycles. The standard InChI is InChI=1S/C26H30N2O6/c1-17(2)15-21(24(31)33-16-18-11-7-6-8-12-18)27(25(32)34-26(3,4)5)28-22(29)19-13-9-10-14-20(19)23(28)30/h6-14,17,21H,15-16H2,1-5H3/t21-/m1/s1. The van der Waals surface area contributed by atoms with Gasteiger partial charge in [0, 0.05) is 0 Å². The van der Waals surface area contributed by atoms with Crippen molar-refractivity contribution >= 4 is 23.9 Å². The normalized spacial score (nSPS) is 14.1. The smallest absolute Gasteiger partial charge is 0.430 e. The van der Waals surface area contributed by atoms with Gasteiger partial charge in [-0.05, 0) is 50.8 Å². The molecule has 1 aliphatic heterocycles. The van der Waals surface area contributed by atoms with Crippen LogP contribution >= 0.6 is 0 Å². The van der Waals surface area contributed by atoms with Gasteiger partial charge >= 0.3 is 12.1 Å². The molecule has 3 rings (SSSR count). The van der Waals surface area contributed by atoms with Crippen LogP contribution in [0.5, 0.6) is 0 Å². The van der Waals surface area contributed by atoms with E-state index < -0.39 is 35.5 Å². The summed E-state index contributed by atoms with van der Waals surface area (Å²) in [7, 11) is 0. The van der Waals surface area contributed by atoms with E-state index in [2.05, 4.69) is 0 Å². The lowest BCUT2D eigenvalue weighted by molar-refractivity contribution is -0.156. The largest absolute Gasteiger partial charge is 0.459 e. The van der Waals surface area contributed by atoms with Gasteiger partial charge in [-0.2, -0.15) is 10.0 Å². The minimum Gasteiger partial charge on any atom is -0.459 e. The van der Waals surface area contributed by atoms with Crippen LogP contribution in [0.3, 0.4) is 0 Å². The lowest BCUT2D eigenvalue weighted by Gasteiger charge is -2.36. The van der Waals surface area contributed by atoms with Crippen molar-refractivity contribution in [1.29, 1.82) is 0 Å². The quantitative estimate of drug-likeness (QED) is 0.438. The number of nitrogens with zero attached hydrogens (tertiary/aromatic N) is 2. The maximum absolute atomic E-state index is 13.3. The fourth-order valence-electron chi connectivity index (χ4n) is 3.60. The molecule has 0 aliphatic carbocycles. The number of ether oxygens (including phenoxy) is 2. The van der Waals surface area contributed by atoms with Gasteiger partial charge in [0.05, 0.1) is 11.1 Å². The minimum absolute atomic E-state index is 0.0153. The molecule has 0 radical (unpaired) electrons. The molecule has 0 unspecified atom stereocenters. The summed E-state index contributed by atoms with van der Waals surface area (Å²) in [6.07, 6.45) is -0.829. The van der Waals surface area contributed by atoms with Gasteiger partial charge in [0.15, 0.2) is 6.04 Å². The van der Waals surface area contributed by atoms with Crippen LogP contribution in [0, 0.1) is 5.92 Å². The first-order valence-corrected chi connectivity index (χ1v) is 11.2. The van der Waals surface area contributed by atoms with Gasteiger partial charge in [0.2, 0.25) is 0 Å². The maximum atomic E-state index is 13.3. The highest BCUT2D eigenvalue weighted by molar-refractivity contribution is 6.21.